The van der Waals surface area contributed by atoms with Crippen LogP contribution in [0.2, 0.25) is 0 Å². The first-order valence-corrected chi connectivity index (χ1v) is 4.55. The van der Waals surface area contributed by atoms with Crippen LogP contribution in [-0.4, -0.2) is 28.8 Å². The second kappa shape index (κ2) is 5.65. The average molecular weight is 208 g/mol. The van der Waals surface area contributed by atoms with Crippen molar-refractivity contribution in [2.75, 3.05) is 13.2 Å². The zero-order chi connectivity index (χ0) is 11.1. The molecule has 0 aliphatic carbocycles. The van der Waals surface area contributed by atoms with Gasteiger partial charge in [0, 0.05) is 6.54 Å². The molecular weight excluding hydrogens is 196 g/mol. The maximum absolute atomic E-state index is 11.0. The molecule has 0 fully saturated rings. The van der Waals surface area contributed by atoms with Gasteiger partial charge < -0.3 is 10.1 Å². The molecule has 0 radical (unpaired) electrons. The van der Waals surface area contributed by atoms with Gasteiger partial charge >= 0.3 is 0 Å². The number of aryl methyl sites for hydroxylation is 1. The van der Waals surface area contributed by atoms with Crippen LogP contribution in [0, 0.1) is 11.3 Å². The molecule has 0 aliphatic rings. The molecule has 15 heavy (non-hydrogen) atoms. The number of nitrogens with one attached hydrogen (secondary N) is 1. The molecule has 6 heteroatoms. The second-order valence-corrected chi connectivity index (χ2v) is 2.76. The molecule has 1 N–H and O–H groups in total. The van der Waals surface area contributed by atoms with E-state index in [0.29, 0.717) is 5.75 Å². The van der Waals surface area contributed by atoms with Crippen LogP contribution in [0.15, 0.2) is 12.4 Å². The number of nitrogens with zero attached hydrogens (tertiary/aromatic N) is 3. The zero-order valence-corrected chi connectivity index (χ0v) is 8.43. The van der Waals surface area contributed by atoms with Crippen molar-refractivity contribution in [3.05, 3.63) is 12.4 Å². The van der Waals surface area contributed by atoms with Crippen molar-refractivity contribution in [2.45, 2.75) is 13.5 Å². The first-order chi connectivity index (χ1) is 7.26. The van der Waals surface area contributed by atoms with Gasteiger partial charge in [-0.25, -0.2) is 0 Å². The summed E-state index contributed by atoms with van der Waals surface area (Å²) in [4.78, 5) is 11.0. The summed E-state index contributed by atoms with van der Waals surface area (Å²) in [7, 11) is 0. The summed E-state index contributed by atoms with van der Waals surface area (Å²) in [5.74, 6) is 0.227. The molecule has 0 spiro atoms. The third-order valence-corrected chi connectivity index (χ3v) is 1.67. The van der Waals surface area contributed by atoms with Crippen molar-refractivity contribution in [3.8, 4) is 11.8 Å². The number of carbonyl (C=O) groups is 1. The number of hydrogen-bond acceptors (Lipinski definition) is 4. The average Bonchev–Trinajstić information content (AvgIpc) is 2.71. The summed E-state index contributed by atoms with van der Waals surface area (Å²) in [5, 5.41) is 14.6. The smallest absolute Gasteiger partial charge is 0.258 e. The molecule has 0 bridgehead atoms. The Hall–Kier alpha value is -2.03. The normalized spacial score (nSPS) is 9.33. The molecule has 0 saturated heterocycles. The van der Waals surface area contributed by atoms with Gasteiger partial charge in [0.2, 0.25) is 0 Å². The monoisotopic (exact) mass is 208 g/mol. The molecule has 0 aliphatic heterocycles. The molecule has 0 aromatic carbocycles. The molecule has 0 saturated carbocycles. The topological polar surface area (TPSA) is 79.9 Å². The van der Waals surface area contributed by atoms with E-state index in [4.69, 9.17) is 10.00 Å². The Morgan fingerprint density at radius 3 is 3.20 bits per heavy atom. The lowest BCUT2D eigenvalue weighted by Gasteiger charge is -2.01. The Morgan fingerprint density at radius 2 is 2.60 bits per heavy atom. The van der Waals surface area contributed by atoms with E-state index >= 15 is 0 Å². The fraction of sp³-hybridized carbons (Fsp3) is 0.444. The predicted molar refractivity (Wildman–Crippen MR) is 52.0 cm³/mol. The van der Waals surface area contributed by atoms with Gasteiger partial charge in [-0.3, -0.25) is 9.48 Å². The molecule has 0 unspecified atom stereocenters. The van der Waals surface area contributed by atoms with Crippen molar-refractivity contribution in [2.24, 2.45) is 0 Å². The van der Waals surface area contributed by atoms with Crippen LogP contribution in [0.5, 0.6) is 5.75 Å². The first-order valence-electron chi connectivity index (χ1n) is 4.55. The third-order valence-electron chi connectivity index (χ3n) is 1.67. The Kier molecular flexibility index (Phi) is 4.16. The van der Waals surface area contributed by atoms with E-state index in [1.165, 1.54) is 0 Å². The van der Waals surface area contributed by atoms with Crippen molar-refractivity contribution >= 4 is 5.91 Å². The van der Waals surface area contributed by atoms with Crippen molar-refractivity contribution in [3.63, 3.8) is 0 Å². The number of hydrogen-bond donors (Lipinski definition) is 1. The maximum atomic E-state index is 11.0. The minimum atomic E-state index is -0.319. The standard InChI is InChI=1S/C9H12N4O2/c1-2-13-6-8(5-12-13)15-7-9(14)11-4-3-10/h5-6H,2,4,7H2,1H3,(H,11,14). The number of aromatic nitrogens is 2. The van der Waals surface area contributed by atoms with Gasteiger partial charge in [0.15, 0.2) is 12.4 Å². The summed E-state index contributed by atoms with van der Waals surface area (Å²) >= 11 is 0. The number of nitriles is 1. The summed E-state index contributed by atoms with van der Waals surface area (Å²) in [6, 6.07) is 1.81. The van der Waals surface area contributed by atoms with Crippen LogP contribution in [-0.2, 0) is 11.3 Å². The zero-order valence-electron chi connectivity index (χ0n) is 8.43. The second-order valence-electron chi connectivity index (χ2n) is 2.76. The Morgan fingerprint density at radius 1 is 1.80 bits per heavy atom. The van der Waals surface area contributed by atoms with Gasteiger partial charge in [-0.05, 0) is 6.92 Å². The quantitative estimate of drug-likeness (QED) is 0.686. The van der Waals surface area contributed by atoms with E-state index in [0.717, 1.165) is 6.54 Å². The highest BCUT2D eigenvalue weighted by Gasteiger charge is 2.03. The van der Waals surface area contributed by atoms with Crippen LogP contribution < -0.4 is 10.1 Å². The van der Waals surface area contributed by atoms with Crippen molar-refractivity contribution in [1.29, 1.82) is 5.26 Å². The van der Waals surface area contributed by atoms with E-state index in [9.17, 15) is 4.79 Å². The molecule has 1 aromatic heterocycles. The summed E-state index contributed by atoms with van der Waals surface area (Å²) in [6.07, 6.45) is 3.25. The van der Waals surface area contributed by atoms with Crippen molar-refractivity contribution < 1.29 is 9.53 Å². The maximum Gasteiger partial charge on any atom is 0.258 e. The van der Waals surface area contributed by atoms with E-state index in [-0.39, 0.29) is 19.1 Å². The largest absolute Gasteiger partial charge is 0.480 e. The SMILES string of the molecule is CCn1cc(OCC(=O)NCC#N)cn1. The van der Waals surface area contributed by atoms with E-state index < -0.39 is 0 Å². The van der Waals surface area contributed by atoms with Crippen LogP contribution in [0.25, 0.3) is 0 Å². The molecular formula is C9H12N4O2. The third kappa shape index (κ3) is 3.68. The predicted octanol–water partition coefficient (Wildman–Crippen LogP) is -0.0784. The number of carbonyl (C=O) groups excluding carboxylic acids is 1. The van der Waals surface area contributed by atoms with Crippen LogP contribution in [0.4, 0.5) is 0 Å². The fourth-order valence-electron chi connectivity index (χ4n) is 0.930. The Bertz CT molecular complexity index is 366. The fourth-order valence-corrected chi connectivity index (χ4v) is 0.930. The highest BCUT2D eigenvalue weighted by molar-refractivity contribution is 5.77. The molecule has 1 rings (SSSR count). The van der Waals surface area contributed by atoms with E-state index in [1.54, 1.807) is 23.1 Å². The Balaban J connectivity index is 2.31. The summed E-state index contributed by atoms with van der Waals surface area (Å²) in [5.41, 5.74) is 0. The number of ether oxygens (including phenoxy) is 1. The van der Waals surface area contributed by atoms with Gasteiger partial charge in [-0.1, -0.05) is 0 Å². The molecule has 1 aromatic rings. The van der Waals surface area contributed by atoms with Gasteiger partial charge in [0.1, 0.15) is 6.54 Å². The summed E-state index contributed by atoms with van der Waals surface area (Å²) in [6.45, 7) is 2.61. The van der Waals surface area contributed by atoms with Gasteiger partial charge in [0.25, 0.3) is 5.91 Å². The lowest BCUT2D eigenvalue weighted by molar-refractivity contribution is -0.122. The lowest BCUT2D eigenvalue weighted by atomic mass is 10.6. The van der Waals surface area contributed by atoms with Crippen LogP contribution in [0.3, 0.4) is 0 Å². The van der Waals surface area contributed by atoms with Gasteiger partial charge in [0.05, 0.1) is 18.5 Å². The number of amides is 1. The minimum absolute atomic E-state index is 0.00356. The van der Waals surface area contributed by atoms with E-state index in [1.807, 2.05) is 6.92 Å². The highest BCUT2D eigenvalue weighted by atomic mass is 16.5. The number of rotatable bonds is 5. The van der Waals surface area contributed by atoms with Crippen molar-refractivity contribution in [1.82, 2.24) is 15.1 Å². The van der Waals surface area contributed by atoms with Crippen LogP contribution in [0.1, 0.15) is 6.92 Å². The molecule has 6 nitrogen and oxygen atoms in total. The molecule has 1 heterocycles. The molecule has 1 amide bonds. The highest BCUT2D eigenvalue weighted by Crippen LogP contribution is 2.07. The lowest BCUT2D eigenvalue weighted by Crippen LogP contribution is -2.28. The Labute approximate surface area is 87.4 Å². The van der Waals surface area contributed by atoms with Crippen LogP contribution >= 0.6 is 0 Å². The summed E-state index contributed by atoms with van der Waals surface area (Å²) < 4.78 is 6.84. The minimum Gasteiger partial charge on any atom is -0.480 e. The van der Waals surface area contributed by atoms with E-state index in [2.05, 4.69) is 10.4 Å². The van der Waals surface area contributed by atoms with Gasteiger partial charge in [-0.2, -0.15) is 10.4 Å². The molecule has 0 atom stereocenters. The molecule has 80 valence electrons. The van der Waals surface area contributed by atoms with Gasteiger partial charge in [-0.15, -0.1) is 0 Å². The first kappa shape index (κ1) is 11.0.